The van der Waals surface area contributed by atoms with E-state index in [0.717, 1.165) is 5.92 Å². The number of rotatable bonds is 5. The molecule has 96 valence electrons. The molecule has 2 nitrogen and oxygen atoms in total. The highest BCUT2D eigenvalue weighted by Crippen LogP contribution is 2.28. The van der Waals surface area contributed by atoms with Gasteiger partial charge in [0.2, 0.25) is 0 Å². The van der Waals surface area contributed by atoms with E-state index in [1.54, 1.807) is 0 Å². The second kappa shape index (κ2) is 6.53. The standard InChI is InChI=1S/C14H24N2S/c1-3-13(14-5-4-10-17-14)16(2)11-12-6-8-15-9-7-12/h4-5,10,12-13,15H,3,6-9,11H2,1-2H3. The SMILES string of the molecule is CCC(c1cccs1)N(C)CC1CCNCC1. The Labute approximate surface area is 109 Å². The van der Waals surface area contributed by atoms with Gasteiger partial charge in [-0.3, -0.25) is 4.90 Å². The van der Waals surface area contributed by atoms with E-state index < -0.39 is 0 Å². The van der Waals surface area contributed by atoms with E-state index in [4.69, 9.17) is 0 Å². The maximum absolute atomic E-state index is 3.44. The summed E-state index contributed by atoms with van der Waals surface area (Å²) in [6.45, 7) is 5.95. The Morgan fingerprint density at radius 3 is 2.82 bits per heavy atom. The van der Waals surface area contributed by atoms with E-state index in [0.29, 0.717) is 6.04 Å². The topological polar surface area (TPSA) is 15.3 Å². The lowest BCUT2D eigenvalue weighted by Gasteiger charge is -2.32. The Bertz CT molecular complexity index is 304. The first-order chi connectivity index (χ1) is 8.31. The van der Waals surface area contributed by atoms with Crippen LogP contribution < -0.4 is 5.32 Å². The third-order valence-corrected chi connectivity index (χ3v) is 4.77. The highest BCUT2D eigenvalue weighted by atomic mass is 32.1. The van der Waals surface area contributed by atoms with Gasteiger partial charge in [0.15, 0.2) is 0 Å². The van der Waals surface area contributed by atoms with Crippen molar-refractivity contribution in [1.29, 1.82) is 0 Å². The monoisotopic (exact) mass is 252 g/mol. The lowest BCUT2D eigenvalue weighted by atomic mass is 9.97. The molecule has 1 atom stereocenters. The van der Waals surface area contributed by atoms with Crippen molar-refractivity contribution < 1.29 is 0 Å². The van der Waals surface area contributed by atoms with Crippen molar-refractivity contribution in [1.82, 2.24) is 10.2 Å². The van der Waals surface area contributed by atoms with Gasteiger partial charge in [-0.15, -0.1) is 11.3 Å². The maximum Gasteiger partial charge on any atom is 0.0435 e. The zero-order chi connectivity index (χ0) is 12.1. The van der Waals surface area contributed by atoms with Crippen LogP contribution in [0.25, 0.3) is 0 Å². The summed E-state index contributed by atoms with van der Waals surface area (Å²) in [7, 11) is 2.29. The summed E-state index contributed by atoms with van der Waals surface area (Å²) in [6.07, 6.45) is 3.89. The van der Waals surface area contributed by atoms with E-state index in [1.165, 1.54) is 43.8 Å². The Balaban J connectivity index is 1.90. The van der Waals surface area contributed by atoms with Crippen molar-refractivity contribution in [3.8, 4) is 0 Å². The molecule has 1 aliphatic rings. The van der Waals surface area contributed by atoms with Gasteiger partial charge in [-0.1, -0.05) is 13.0 Å². The van der Waals surface area contributed by atoms with Crippen LogP contribution in [0.15, 0.2) is 17.5 Å². The van der Waals surface area contributed by atoms with Gasteiger partial charge < -0.3 is 5.32 Å². The molecule has 1 saturated heterocycles. The molecule has 2 heterocycles. The lowest BCUT2D eigenvalue weighted by molar-refractivity contribution is 0.185. The van der Waals surface area contributed by atoms with E-state index in [1.807, 2.05) is 11.3 Å². The second-order valence-electron chi connectivity index (χ2n) is 5.07. The third-order valence-electron chi connectivity index (χ3n) is 3.80. The van der Waals surface area contributed by atoms with Crippen molar-refractivity contribution in [2.45, 2.75) is 32.2 Å². The van der Waals surface area contributed by atoms with Gasteiger partial charge in [-0.25, -0.2) is 0 Å². The summed E-state index contributed by atoms with van der Waals surface area (Å²) in [5.74, 6) is 0.885. The highest BCUT2D eigenvalue weighted by molar-refractivity contribution is 7.10. The van der Waals surface area contributed by atoms with Gasteiger partial charge in [0, 0.05) is 17.5 Å². The van der Waals surface area contributed by atoms with Crippen LogP contribution in [0.2, 0.25) is 0 Å². The van der Waals surface area contributed by atoms with Crippen LogP contribution >= 0.6 is 11.3 Å². The van der Waals surface area contributed by atoms with Crippen molar-refractivity contribution in [3.05, 3.63) is 22.4 Å². The first-order valence-electron chi connectivity index (χ1n) is 6.75. The highest BCUT2D eigenvalue weighted by Gasteiger charge is 2.20. The molecule has 1 fully saturated rings. The Hall–Kier alpha value is -0.380. The molecule has 0 radical (unpaired) electrons. The first kappa shape index (κ1) is 13.1. The van der Waals surface area contributed by atoms with Crippen molar-refractivity contribution in [2.24, 2.45) is 5.92 Å². The summed E-state index contributed by atoms with van der Waals surface area (Å²) in [6, 6.07) is 5.06. The molecule has 2 rings (SSSR count). The number of hydrogen-bond acceptors (Lipinski definition) is 3. The molecule has 1 aliphatic heterocycles. The van der Waals surface area contributed by atoms with E-state index in [2.05, 4.69) is 41.7 Å². The van der Waals surface area contributed by atoms with Crippen LogP contribution in [0.4, 0.5) is 0 Å². The quantitative estimate of drug-likeness (QED) is 0.866. The van der Waals surface area contributed by atoms with Gasteiger partial charge in [0.1, 0.15) is 0 Å². The lowest BCUT2D eigenvalue weighted by Crippen LogP contribution is -2.35. The Morgan fingerprint density at radius 1 is 1.47 bits per heavy atom. The fourth-order valence-corrected chi connectivity index (χ4v) is 3.78. The molecular weight excluding hydrogens is 228 g/mol. The van der Waals surface area contributed by atoms with E-state index in [9.17, 15) is 0 Å². The minimum atomic E-state index is 0.616. The number of piperidine rings is 1. The predicted molar refractivity (Wildman–Crippen MR) is 75.6 cm³/mol. The van der Waals surface area contributed by atoms with Crippen molar-refractivity contribution in [2.75, 3.05) is 26.7 Å². The summed E-state index contributed by atoms with van der Waals surface area (Å²) in [5.41, 5.74) is 0. The van der Waals surface area contributed by atoms with Crippen molar-refractivity contribution in [3.63, 3.8) is 0 Å². The largest absolute Gasteiger partial charge is 0.317 e. The summed E-state index contributed by atoms with van der Waals surface area (Å²) >= 11 is 1.89. The van der Waals surface area contributed by atoms with Crippen molar-refractivity contribution >= 4 is 11.3 Å². The fraction of sp³-hybridized carbons (Fsp3) is 0.714. The maximum atomic E-state index is 3.44. The van der Waals surface area contributed by atoms with Crippen LogP contribution in [0, 0.1) is 5.92 Å². The second-order valence-corrected chi connectivity index (χ2v) is 6.05. The third kappa shape index (κ3) is 3.54. The van der Waals surface area contributed by atoms with Gasteiger partial charge in [0.05, 0.1) is 0 Å². The number of nitrogens with one attached hydrogen (secondary N) is 1. The molecule has 1 aromatic heterocycles. The Morgan fingerprint density at radius 2 is 2.24 bits per heavy atom. The molecule has 1 aromatic rings. The zero-order valence-electron chi connectivity index (χ0n) is 11.0. The number of hydrogen-bond donors (Lipinski definition) is 1. The van der Waals surface area contributed by atoms with Gasteiger partial charge in [-0.05, 0) is 56.8 Å². The number of thiophene rings is 1. The minimum Gasteiger partial charge on any atom is -0.317 e. The van der Waals surface area contributed by atoms with E-state index >= 15 is 0 Å². The van der Waals surface area contributed by atoms with Gasteiger partial charge in [0.25, 0.3) is 0 Å². The molecule has 0 bridgehead atoms. The smallest absolute Gasteiger partial charge is 0.0435 e. The van der Waals surface area contributed by atoms with Crippen LogP contribution in [-0.2, 0) is 0 Å². The molecule has 17 heavy (non-hydrogen) atoms. The predicted octanol–water partition coefficient (Wildman–Crippen LogP) is 3.13. The average Bonchev–Trinajstić information content (AvgIpc) is 2.85. The molecule has 0 spiro atoms. The summed E-state index contributed by atoms with van der Waals surface area (Å²) in [4.78, 5) is 4.07. The van der Waals surface area contributed by atoms with E-state index in [-0.39, 0.29) is 0 Å². The molecule has 0 aromatic carbocycles. The summed E-state index contributed by atoms with van der Waals surface area (Å²) < 4.78 is 0. The molecular formula is C14H24N2S. The Kier molecular flexibility index (Phi) is 5.01. The molecule has 0 saturated carbocycles. The minimum absolute atomic E-state index is 0.616. The molecule has 0 amide bonds. The van der Waals surface area contributed by atoms with Gasteiger partial charge >= 0.3 is 0 Å². The zero-order valence-corrected chi connectivity index (χ0v) is 11.8. The van der Waals surface area contributed by atoms with Crippen LogP contribution in [0.5, 0.6) is 0 Å². The number of nitrogens with zero attached hydrogens (tertiary/aromatic N) is 1. The van der Waals surface area contributed by atoms with Crippen LogP contribution in [0.1, 0.15) is 37.1 Å². The molecule has 0 aliphatic carbocycles. The first-order valence-corrected chi connectivity index (χ1v) is 7.63. The average molecular weight is 252 g/mol. The van der Waals surface area contributed by atoms with Crippen LogP contribution in [0.3, 0.4) is 0 Å². The van der Waals surface area contributed by atoms with Crippen LogP contribution in [-0.4, -0.2) is 31.6 Å². The normalized spacial score (nSPS) is 19.7. The van der Waals surface area contributed by atoms with Gasteiger partial charge in [-0.2, -0.15) is 0 Å². The molecule has 1 unspecified atom stereocenters. The summed E-state index contributed by atoms with van der Waals surface area (Å²) in [5, 5.41) is 5.63. The fourth-order valence-electron chi connectivity index (χ4n) is 2.81. The molecule has 1 N–H and O–H groups in total. The molecule has 3 heteroatoms.